The van der Waals surface area contributed by atoms with Crippen LogP contribution in [0.5, 0.6) is 11.5 Å². The van der Waals surface area contributed by atoms with Gasteiger partial charge in [-0.25, -0.2) is 9.50 Å². The van der Waals surface area contributed by atoms with Crippen LogP contribution < -0.4 is 15.0 Å². The zero-order valence-electron chi connectivity index (χ0n) is 15.5. The SMILES string of the molecule is CCCc1cc(=O)n2[nH]c(COC)c(-c3ccc(OC)c(OC)c3)c2n1. The minimum absolute atomic E-state index is 0.137. The lowest BCUT2D eigenvalue weighted by molar-refractivity contribution is 0.181. The summed E-state index contributed by atoms with van der Waals surface area (Å²) >= 11 is 0. The molecule has 0 aliphatic rings. The van der Waals surface area contributed by atoms with Crippen molar-refractivity contribution in [1.82, 2.24) is 14.6 Å². The summed E-state index contributed by atoms with van der Waals surface area (Å²) in [5.74, 6) is 1.25. The molecule has 0 radical (unpaired) electrons. The minimum Gasteiger partial charge on any atom is -0.493 e. The monoisotopic (exact) mass is 357 g/mol. The zero-order valence-corrected chi connectivity index (χ0v) is 15.5. The number of benzene rings is 1. The van der Waals surface area contributed by atoms with Crippen molar-refractivity contribution < 1.29 is 14.2 Å². The Hall–Kier alpha value is -2.80. The van der Waals surface area contributed by atoms with Crippen LogP contribution >= 0.6 is 0 Å². The first-order valence-corrected chi connectivity index (χ1v) is 8.47. The lowest BCUT2D eigenvalue weighted by atomic mass is 10.0. The van der Waals surface area contributed by atoms with Crippen LogP contribution in [0.2, 0.25) is 0 Å². The highest BCUT2D eigenvalue weighted by Crippen LogP contribution is 2.35. The molecule has 0 saturated carbocycles. The van der Waals surface area contributed by atoms with Gasteiger partial charge in [0.2, 0.25) is 0 Å². The number of methoxy groups -OCH3 is 3. The molecule has 7 nitrogen and oxygen atoms in total. The summed E-state index contributed by atoms with van der Waals surface area (Å²) in [4.78, 5) is 17.2. The molecule has 0 spiro atoms. The molecular weight excluding hydrogens is 334 g/mol. The van der Waals surface area contributed by atoms with Gasteiger partial charge in [0.1, 0.15) is 0 Å². The lowest BCUT2D eigenvalue weighted by Crippen LogP contribution is -2.15. The van der Waals surface area contributed by atoms with Crippen molar-refractivity contribution in [2.75, 3.05) is 21.3 Å². The molecule has 1 N–H and O–H groups in total. The second kappa shape index (κ2) is 7.61. The average molecular weight is 357 g/mol. The summed E-state index contributed by atoms with van der Waals surface area (Å²) in [6, 6.07) is 7.20. The van der Waals surface area contributed by atoms with E-state index in [0.717, 1.165) is 35.4 Å². The van der Waals surface area contributed by atoms with Gasteiger partial charge in [-0.3, -0.25) is 9.89 Å². The van der Waals surface area contributed by atoms with Crippen LogP contribution in [0, 0.1) is 0 Å². The highest BCUT2D eigenvalue weighted by molar-refractivity contribution is 5.81. The van der Waals surface area contributed by atoms with Crippen molar-refractivity contribution in [2.24, 2.45) is 0 Å². The highest BCUT2D eigenvalue weighted by Gasteiger charge is 2.18. The molecule has 2 aromatic heterocycles. The van der Waals surface area contributed by atoms with Gasteiger partial charge in [0, 0.05) is 24.4 Å². The van der Waals surface area contributed by atoms with Crippen LogP contribution in [0.3, 0.4) is 0 Å². The minimum atomic E-state index is -0.137. The maximum absolute atomic E-state index is 12.5. The molecule has 0 amide bonds. The Kier molecular flexibility index (Phi) is 5.27. The van der Waals surface area contributed by atoms with E-state index in [1.807, 2.05) is 18.2 Å². The number of fused-ring (bicyclic) bond motifs is 1. The maximum atomic E-state index is 12.5. The molecular formula is C19H23N3O4. The molecule has 2 heterocycles. The molecule has 0 bridgehead atoms. The van der Waals surface area contributed by atoms with Crippen LogP contribution in [0.4, 0.5) is 0 Å². The first-order chi connectivity index (χ1) is 12.6. The number of rotatable bonds is 7. The quantitative estimate of drug-likeness (QED) is 0.703. The van der Waals surface area contributed by atoms with Gasteiger partial charge in [-0.2, -0.15) is 0 Å². The Bertz CT molecular complexity index is 975. The first kappa shape index (κ1) is 18.0. The number of aromatic nitrogens is 3. The largest absolute Gasteiger partial charge is 0.493 e. The highest BCUT2D eigenvalue weighted by atomic mass is 16.5. The van der Waals surface area contributed by atoms with Gasteiger partial charge in [-0.1, -0.05) is 19.4 Å². The van der Waals surface area contributed by atoms with E-state index in [1.165, 1.54) is 4.52 Å². The number of hydrogen-bond donors (Lipinski definition) is 1. The van der Waals surface area contributed by atoms with Gasteiger partial charge < -0.3 is 14.2 Å². The Balaban J connectivity index is 2.28. The van der Waals surface area contributed by atoms with E-state index in [9.17, 15) is 4.79 Å². The summed E-state index contributed by atoms with van der Waals surface area (Å²) in [6.45, 7) is 2.39. The van der Waals surface area contributed by atoms with Crippen molar-refractivity contribution in [3.63, 3.8) is 0 Å². The zero-order chi connectivity index (χ0) is 18.7. The molecule has 0 saturated heterocycles. The predicted molar refractivity (Wildman–Crippen MR) is 99.1 cm³/mol. The van der Waals surface area contributed by atoms with E-state index in [-0.39, 0.29) is 5.56 Å². The van der Waals surface area contributed by atoms with Gasteiger partial charge in [-0.05, 0) is 24.1 Å². The van der Waals surface area contributed by atoms with E-state index in [1.54, 1.807) is 27.4 Å². The topological polar surface area (TPSA) is 77.9 Å². The number of aromatic amines is 1. The van der Waals surface area contributed by atoms with Gasteiger partial charge in [-0.15, -0.1) is 0 Å². The number of nitrogens with one attached hydrogen (secondary N) is 1. The molecule has 0 aliphatic carbocycles. The molecule has 138 valence electrons. The maximum Gasteiger partial charge on any atom is 0.272 e. The molecule has 3 aromatic rings. The fourth-order valence-electron chi connectivity index (χ4n) is 3.06. The molecule has 0 fully saturated rings. The van der Waals surface area contributed by atoms with Crippen molar-refractivity contribution in [2.45, 2.75) is 26.4 Å². The second-order valence-electron chi connectivity index (χ2n) is 5.96. The summed E-state index contributed by atoms with van der Waals surface area (Å²) in [5.41, 5.74) is 3.69. The number of hydrogen-bond acceptors (Lipinski definition) is 5. The van der Waals surface area contributed by atoms with Gasteiger partial charge in [0.25, 0.3) is 5.56 Å². The van der Waals surface area contributed by atoms with Gasteiger partial charge in [0.15, 0.2) is 17.1 Å². The number of aryl methyl sites for hydroxylation is 1. The molecule has 0 aliphatic heterocycles. The van der Waals surface area contributed by atoms with E-state index in [4.69, 9.17) is 19.2 Å². The summed E-state index contributed by atoms with van der Waals surface area (Å²) < 4.78 is 17.5. The van der Waals surface area contributed by atoms with E-state index in [2.05, 4.69) is 12.0 Å². The average Bonchev–Trinajstić information content (AvgIpc) is 3.00. The third-order valence-electron chi connectivity index (χ3n) is 4.21. The van der Waals surface area contributed by atoms with Crippen LogP contribution in [-0.4, -0.2) is 35.9 Å². The third kappa shape index (κ3) is 3.17. The van der Waals surface area contributed by atoms with E-state index < -0.39 is 0 Å². The third-order valence-corrected chi connectivity index (χ3v) is 4.21. The molecule has 26 heavy (non-hydrogen) atoms. The lowest BCUT2D eigenvalue weighted by Gasteiger charge is -2.10. The normalized spacial score (nSPS) is 11.1. The Labute approximate surface area is 151 Å². The fraction of sp³-hybridized carbons (Fsp3) is 0.368. The van der Waals surface area contributed by atoms with Gasteiger partial charge in [0.05, 0.1) is 26.5 Å². The molecule has 0 unspecified atom stereocenters. The predicted octanol–water partition coefficient (Wildman–Crippen LogP) is 2.81. The van der Waals surface area contributed by atoms with Crippen LogP contribution in [0.1, 0.15) is 24.7 Å². The molecule has 7 heteroatoms. The first-order valence-electron chi connectivity index (χ1n) is 8.47. The molecule has 0 atom stereocenters. The standard InChI is InChI=1S/C19H23N3O4/c1-5-6-13-10-17(23)22-19(20-13)18(14(21-22)11-24-2)12-7-8-15(25-3)16(9-12)26-4/h7-10,21H,5-6,11H2,1-4H3. The second-order valence-corrected chi connectivity index (χ2v) is 5.96. The van der Waals surface area contributed by atoms with Crippen LogP contribution in [-0.2, 0) is 17.8 Å². The van der Waals surface area contributed by atoms with Crippen molar-refractivity contribution in [3.8, 4) is 22.6 Å². The van der Waals surface area contributed by atoms with Crippen molar-refractivity contribution in [1.29, 1.82) is 0 Å². The van der Waals surface area contributed by atoms with Crippen LogP contribution in [0.15, 0.2) is 29.1 Å². The smallest absolute Gasteiger partial charge is 0.272 e. The Morgan fingerprint density at radius 3 is 2.54 bits per heavy atom. The Morgan fingerprint density at radius 2 is 1.88 bits per heavy atom. The molecule has 1 aromatic carbocycles. The van der Waals surface area contributed by atoms with E-state index in [0.29, 0.717) is 23.8 Å². The van der Waals surface area contributed by atoms with Gasteiger partial charge >= 0.3 is 0 Å². The number of H-pyrrole nitrogens is 1. The molecule has 3 rings (SSSR count). The van der Waals surface area contributed by atoms with Crippen molar-refractivity contribution in [3.05, 3.63) is 46.0 Å². The van der Waals surface area contributed by atoms with Crippen LogP contribution in [0.25, 0.3) is 16.8 Å². The van der Waals surface area contributed by atoms with E-state index >= 15 is 0 Å². The number of nitrogens with zero attached hydrogens (tertiary/aromatic N) is 2. The number of ether oxygens (including phenoxy) is 3. The summed E-state index contributed by atoms with van der Waals surface area (Å²) in [5, 5.41) is 3.11. The summed E-state index contributed by atoms with van der Waals surface area (Å²) in [7, 11) is 4.80. The summed E-state index contributed by atoms with van der Waals surface area (Å²) in [6.07, 6.45) is 1.67. The van der Waals surface area contributed by atoms with Crippen molar-refractivity contribution >= 4 is 5.65 Å². The Morgan fingerprint density at radius 1 is 1.12 bits per heavy atom. The fourth-order valence-corrected chi connectivity index (χ4v) is 3.06.